The summed E-state index contributed by atoms with van der Waals surface area (Å²) in [5.74, 6) is -1.93. The molecule has 1 saturated heterocycles. The fraction of sp³-hybridized carbons (Fsp3) is 0.500. The van der Waals surface area contributed by atoms with Crippen LogP contribution in [0, 0.1) is 5.92 Å². The molecule has 0 aromatic heterocycles. The molecule has 1 aliphatic rings. The molecule has 0 aliphatic carbocycles. The average Bonchev–Trinajstić information content (AvgIpc) is 2.54. The second kappa shape index (κ2) is 8.00. The Labute approximate surface area is 146 Å². The summed E-state index contributed by atoms with van der Waals surface area (Å²) < 4.78 is 37.4. The lowest BCUT2D eigenvalue weighted by atomic mass is 9.96. The van der Waals surface area contributed by atoms with Gasteiger partial charge in [0.15, 0.2) is 0 Å². The van der Waals surface area contributed by atoms with Gasteiger partial charge in [-0.3, -0.25) is 9.59 Å². The van der Waals surface area contributed by atoms with E-state index in [9.17, 15) is 22.8 Å². The Morgan fingerprint density at radius 3 is 2.29 bits per heavy atom. The third kappa shape index (κ3) is 5.51. The number of hydrogen-bond donors (Lipinski definition) is 1. The van der Waals surface area contributed by atoms with Crippen molar-refractivity contribution in [3.63, 3.8) is 0 Å². The number of carbonyl (C=O) groups excluding carboxylic acids is 2. The van der Waals surface area contributed by atoms with Crippen molar-refractivity contribution in [2.75, 3.05) is 19.6 Å². The topological polar surface area (TPSA) is 49.4 Å². The minimum atomic E-state index is -4.85. The number of amides is 2. The van der Waals surface area contributed by atoms with Crippen LogP contribution in [0.3, 0.4) is 0 Å². The molecule has 0 spiro atoms. The molecule has 0 unspecified atom stereocenters. The van der Waals surface area contributed by atoms with Crippen LogP contribution in [-0.4, -0.2) is 42.5 Å². The first kappa shape index (κ1) is 18.8. The summed E-state index contributed by atoms with van der Waals surface area (Å²) in [4.78, 5) is 24.8. The SMILES string of the molecule is O=C(Cc1ccc(Br)cc1)N1CCC(CNC(=O)C(F)(F)F)CC1. The first-order valence-electron chi connectivity index (χ1n) is 7.63. The Morgan fingerprint density at radius 1 is 1.17 bits per heavy atom. The van der Waals surface area contributed by atoms with E-state index in [4.69, 9.17) is 0 Å². The number of likely N-dealkylation sites (tertiary alicyclic amines) is 1. The second-order valence-corrected chi connectivity index (χ2v) is 6.75. The molecule has 2 amide bonds. The summed E-state index contributed by atoms with van der Waals surface area (Å²) in [6.07, 6.45) is -3.36. The molecule has 1 heterocycles. The molecular formula is C16H18BrF3N2O2. The van der Waals surface area contributed by atoms with Crippen molar-refractivity contribution in [2.24, 2.45) is 5.92 Å². The molecule has 24 heavy (non-hydrogen) atoms. The van der Waals surface area contributed by atoms with E-state index >= 15 is 0 Å². The van der Waals surface area contributed by atoms with Gasteiger partial charge >= 0.3 is 12.1 Å². The van der Waals surface area contributed by atoms with Crippen molar-refractivity contribution >= 4 is 27.7 Å². The fourth-order valence-electron chi connectivity index (χ4n) is 2.61. The molecule has 0 radical (unpaired) electrons. The number of rotatable bonds is 4. The van der Waals surface area contributed by atoms with Crippen molar-refractivity contribution in [1.82, 2.24) is 10.2 Å². The zero-order valence-electron chi connectivity index (χ0n) is 12.9. The van der Waals surface area contributed by atoms with E-state index in [1.807, 2.05) is 29.6 Å². The van der Waals surface area contributed by atoms with Gasteiger partial charge in [0.1, 0.15) is 0 Å². The summed E-state index contributed by atoms with van der Waals surface area (Å²) >= 11 is 3.34. The maximum absolute atomic E-state index is 12.3. The summed E-state index contributed by atoms with van der Waals surface area (Å²) in [5.41, 5.74) is 0.919. The predicted octanol–water partition coefficient (Wildman–Crippen LogP) is 2.91. The summed E-state index contributed by atoms with van der Waals surface area (Å²) in [6, 6.07) is 7.50. The molecule has 1 fully saturated rings. The van der Waals surface area contributed by atoms with Crippen LogP contribution in [0.2, 0.25) is 0 Å². The predicted molar refractivity (Wildman–Crippen MR) is 86.2 cm³/mol. The van der Waals surface area contributed by atoms with Crippen molar-refractivity contribution in [1.29, 1.82) is 0 Å². The summed E-state index contributed by atoms with van der Waals surface area (Å²) in [5, 5.41) is 1.91. The van der Waals surface area contributed by atoms with E-state index in [0.717, 1.165) is 10.0 Å². The normalized spacial score (nSPS) is 16.1. The highest BCUT2D eigenvalue weighted by atomic mass is 79.9. The number of piperidine rings is 1. The number of nitrogens with zero attached hydrogens (tertiary/aromatic N) is 1. The lowest BCUT2D eigenvalue weighted by molar-refractivity contribution is -0.173. The van der Waals surface area contributed by atoms with E-state index in [0.29, 0.717) is 32.4 Å². The third-order valence-electron chi connectivity index (χ3n) is 4.04. The minimum Gasteiger partial charge on any atom is -0.348 e. The molecular weight excluding hydrogens is 389 g/mol. The number of benzene rings is 1. The van der Waals surface area contributed by atoms with Gasteiger partial charge in [0.25, 0.3) is 0 Å². The van der Waals surface area contributed by atoms with Gasteiger partial charge in [-0.25, -0.2) is 0 Å². The average molecular weight is 407 g/mol. The number of nitrogens with one attached hydrogen (secondary N) is 1. The highest BCUT2D eigenvalue weighted by Gasteiger charge is 2.38. The van der Waals surface area contributed by atoms with Gasteiger partial charge in [-0.1, -0.05) is 28.1 Å². The standard InChI is InChI=1S/C16H18BrF3N2O2/c17-13-3-1-11(2-4-13)9-14(23)22-7-5-12(6-8-22)10-21-15(24)16(18,19)20/h1-4,12H,5-10H2,(H,21,24). The van der Waals surface area contributed by atoms with E-state index in [-0.39, 0.29) is 18.4 Å². The third-order valence-corrected chi connectivity index (χ3v) is 4.57. The molecule has 1 N–H and O–H groups in total. The lowest BCUT2D eigenvalue weighted by Gasteiger charge is -2.32. The van der Waals surface area contributed by atoms with Crippen LogP contribution < -0.4 is 5.32 Å². The van der Waals surface area contributed by atoms with Gasteiger partial charge in [0.05, 0.1) is 6.42 Å². The minimum absolute atomic E-state index is 0.00686. The maximum Gasteiger partial charge on any atom is 0.471 e. The molecule has 4 nitrogen and oxygen atoms in total. The highest BCUT2D eigenvalue weighted by Crippen LogP contribution is 2.19. The van der Waals surface area contributed by atoms with Gasteiger partial charge in [0.2, 0.25) is 5.91 Å². The van der Waals surface area contributed by atoms with Crippen molar-refractivity contribution in [3.8, 4) is 0 Å². The Bertz CT molecular complexity index is 582. The van der Waals surface area contributed by atoms with Gasteiger partial charge in [0, 0.05) is 24.1 Å². The number of carbonyl (C=O) groups is 2. The van der Waals surface area contributed by atoms with Crippen LogP contribution in [0.5, 0.6) is 0 Å². The van der Waals surface area contributed by atoms with E-state index < -0.39 is 12.1 Å². The molecule has 1 aliphatic heterocycles. The molecule has 2 rings (SSSR count). The molecule has 1 aromatic carbocycles. The van der Waals surface area contributed by atoms with Gasteiger partial charge in [-0.05, 0) is 36.5 Å². The van der Waals surface area contributed by atoms with E-state index in [1.54, 1.807) is 4.90 Å². The molecule has 0 atom stereocenters. The summed E-state index contributed by atoms with van der Waals surface area (Å²) in [7, 11) is 0. The van der Waals surface area contributed by atoms with Crippen molar-refractivity contribution in [3.05, 3.63) is 34.3 Å². The molecule has 1 aromatic rings. The molecule has 0 bridgehead atoms. The van der Waals surface area contributed by atoms with Crippen molar-refractivity contribution < 1.29 is 22.8 Å². The van der Waals surface area contributed by atoms with Crippen molar-refractivity contribution in [2.45, 2.75) is 25.4 Å². The zero-order valence-corrected chi connectivity index (χ0v) is 14.5. The Balaban J connectivity index is 1.75. The van der Waals surface area contributed by atoms with Gasteiger partial charge in [-0.15, -0.1) is 0 Å². The van der Waals surface area contributed by atoms with Crippen LogP contribution in [0.15, 0.2) is 28.7 Å². The van der Waals surface area contributed by atoms with E-state index in [1.165, 1.54) is 0 Å². The monoisotopic (exact) mass is 406 g/mol. The molecule has 132 valence electrons. The maximum atomic E-state index is 12.3. The molecule has 8 heteroatoms. The van der Waals surface area contributed by atoms with Crippen LogP contribution in [-0.2, 0) is 16.0 Å². The molecule has 0 saturated carbocycles. The number of alkyl halides is 3. The Kier molecular flexibility index (Phi) is 6.26. The Morgan fingerprint density at radius 2 is 1.75 bits per heavy atom. The fourth-order valence-corrected chi connectivity index (χ4v) is 2.88. The highest BCUT2D eigenvalue weighted by molar-refractivity contribution is 9.10. The van der Waals surface area contributed by atoms with Gasteiger partial charge in [-0.2, -0.15) is 13.2 Å². The first-order valence-corrected chi connectivity index (χ1v) is 8.42. The smallest absolute Gasteiger partial charge is 0.348 e. The zero-order chi connectivity index (χ0) is 17.7. The van der Waals surface area contributed by atoms with Gasteiger partial charge < -0.3 is 10.2 Å². The largest absolute Gasteiger partial charge is 0.471 e. The second-order valence-electron chi connectivity index (χ2n) is 5.84. The first-order chi connectivity index (χ1) is 11.3. The van der Waals surface area contributed by atoms with Crippen LogP contribution >= 0.6 is 15.9 Å². The Hall–Kier alpha value is -1.57. The van der Waals surface area contributed by atoms with Crippen LogP contribution in [0.1, 0.15) is 18.4 Å². The van der Waals surface area contributed by atoms with E-state index in [2.05, 4.69) is 15.9 Å². The number of hydrogen-bond acceptors (Lipinski definition) is 2. The van der Waals surface area contributed by atoms with Crippen LogP contribution in [0.25, 0.3) is 0 Å². The number of halogens is 4. The lowest BCUT2D eigenvalue weighted by Crippen LogP contribution is -2.44. The van der Waals surface area contributed by atoms with Crippen LogP contribution in [0.4, 0.5) is 13.2 Å². The quantitative estimate of drug-likeness (QED) is 0.835. The summed E-state index contributed by atoms with van der Waals surface area (Å²) in [6.45, 7) is 0.997.